The van der Waals surface area contributed by atoms with E-state index in [-0.39, 0.29) is 0 Å². The quantitative estimate of drug-likeness (QED) is 0.828. The zero-order chi connectivity index (χ0) is 16.1. The predicted octanol–water partition coefficient (Wildman–Crippen LogP) is 3.86. The van der Waals surface area contributed by atoms with E-state index in [4.69, 9.17) is 9.26 Å². The average Bonchev–Trinajstić information content (AvgIpc) is 2.96. The van der Waals surface area contributed by atoms with Gasteiger partial charge < -0.3 is 14.2 Å². The van der Waals surface area contributed by atoms with Crippen molar-refractivity contribution >= 4 is 17.8 Å². The second-order valence-corrected chi connectivity index (χ2v) is 7.23. The lowest BCUT2D eigenvalue weighted by Gasteiger charge is -2.21. The number of thioether (sulfide) groups is 1. The third-order valence-electron chi connectivity index (χ3n) is 4.04. The summed E-state index contributed by atoms with van der Waals surface area (Å²) in [5.41, 5.74) is 0.911. The molecular formula is C17H23N3O2S. The second-order valence-electron chi connectivity index (χ2n) is 5.65. The van der Waals surface area contributed by atoms with E-state index < -0.39 is 0 Å². The molecule has 2 aromatic rings. The topological polar surface area (TPSA) is 51.4 Å². The molecule has 6 heteroatoms. The van der Waals surface area contributed by atoms with Gasteiger partial charge in [0.1, 0.15) is 5.75 Å². The van der Waals surface area contributed by atoms with Crippen LogP contribution in [0.4, 0.5) is 6.01 Å². The molecule has 3 rings (SSSR count). The summed E-state index contributed by atoms with van der Waals surface area (Å²) in [7, 11) is 1.66. The highest BCUT2D eigenvalue weighted by atomic mass is 32.2. The molecule has 1 fully saturated rings. The third kappa shape index (κ3) is 3.99. The Morgan fingerprint density at radius 1 is 1.39 bits per heavy atom. The average molecular weight is 333 g/mol. The highest BCUT2D eigenvalue weighted by Crippen LogP contribution is 2.27. The largest absolute Gasteiger partial charge is 0.497 e. The minimum atomic E-state index is 0.614. The highest BCUT2D eigenvalue weighted by molar-refractivity contribution is 7.99. The van der Waals surface area contributed by atoms with Crippen molar-refractivity contribution in [1.29, 1.82) is 0 Å². The Hall–Kier alpha value is -1.69. The van der Waals surface area contributed by atoms with Gasteiger partial charge in [0.05, 0.1) is 7.11 Å². The van der Waals surface area contributed by atoms with E-state index in [2.05, 4.69) is 22.0 Å². The van der Waals surface area contributed by atoms with Gasteiger partial charge in [-0.2, -0.15) is 16.7 Å². The molecule has 0 radical (unpaired) electrons. The van der Waals surface area contributed by atoms with Gasteiger partial charge in [0.2, 0.25) is 5.82 Å². The fraction of sp³-hybridized carbons (Fsp3) is 0.529. The zero-order valence-electron chi connectivity index (χ0n) is 13.7. The molecule has 0 amide bonds. The number of aromatic nitrogens is 2. The maximum Gasteiger partial charge on any atom is 0.324 e. The Kier molecular flexibility index (Phi) is 5.43. The zero-order valence-corrected chi connectivity index (χ0v) is 14.5. The summed E-state index contributed by atoms with van der Waals surface area (Å²) in [6, 6.07) is 8.37. The fourth-order valence-electron chi connectivity index (χ4n) is 2.87. The molecule has 2 heterocycles. The summed E-state index contributed by atoms with van der Waals surface area (Å²) in [4.78, 5) is 6.83. The van der Waals surface area contributed by atoms with Crippen molar-refractivity contribution in [3.05, 3.63) is 24.3 Å². The summed E-state index contributed by atoms with van der Waals surface area (Å²) >= 11 is 2.02. The Labute approximate surface area is 141 Å². The van der Waals surface area contributed by atoms with Crippen molar-refractivity contribution in [2.24, 2.45) is 0 Å². The molecule has 23 heavy (non-hydrogen) atoms. The van der Waals surface area contributed by atoms with Crippen LogP contribution in [0.2, 0.25) is 0 Å². The predicted molar refractivity (Wildman–Crippen MR) is 94.3 cm³/mol. The number of ether oxygens (including phenoxy) is 1. The molecule has 0 bridgehead atoms. The number of methoxy groups -OCH3 is 1. The van der Waals surface area contributed by atoms with Crippen LogP contribution < -0.4 is 9.64 Å². The van der Waals surface area contributed by atoms with Gasteiger partial charge in [0.25, 0.3) is 0 Å². The van der Waals surface area contributed by atoms with Crippen LogP contribution in [0.25, 0.3) is 11.4 Å². The summed E-state index contributed by atoms with van der Waals surface area (Å²) in [5.74, 6) is 2.56. The van der Waals surface area contributed by atoms with E-state index in [1.165, 1.54) is 19.3 Å². The second kappa shape index (κ2) is 7.73. The van der Waals surface area contributed by atoms with Crippen LogP contribution in [0.3, 0.4) is 0 Å². The number of benzene rings is 1. The Morgan fingerprint density at radius 2 is 2.30 bits per heavy atom. The number of rotatable bonds is 5. The number of hydrogen-bond acceptors (Lipinski definition) is 6. The van der Waals surface area contributed by atoms with Gasteiger partial charge in [-0.15, -0.1) is 0 Å². The van der Waals surface area contributed by atoms with Crippen LogP contribution in [0.1, 0.15) is 26.2 Å². The monoisotopic (exact) mass is 333 g/mol. The molecule has 0 aliphatic carbocycles. The van der Waals surface area contributed by atoms with Crippen molar-refractivity contribution in [3.8, 4) is 17.1 Å². The SMILES string of the molecule is CCSC1CCCCN(c2nc(-c3cccc(OC)c3)no2)C1. The first-order valence-electron chi connectivity index (χ1n) is 8.15. The van der Waals surface area contributed by atoms with Gasteiger partial charge in [-0.1, -0.05) is 30.6 Å². The molecule has 0 spiro atoms. The minimum absolute atomic E-state index is 0.614. The van der Waals surface area contributed by atoms with Crippen molar-refractivity contribution in [1.82, 2.24) is 10.1 Å². The normalized spacial score (nSPS) is 18.7. The lowest BCUT2D eigenvalue weighted by Crippen LogP contribution is -2.29. The molecule has 1 aliphatic rings. The third-order valence-corrected chi connectivity index (χ3v) is 5.23. The number of nitrogens with zero attached hydrogens (tertiary/aromatic N) is 3. The Morgan fingerprint density at radius 3 is 3.13 bits per heavy atom. The molecule has 1 aromatic heterocycles. The first-order valence-corrected chi connectivity index (χ1v) is 9.19. The maximum atomic E-state index is 5.53. The van der Waals surface area contributed by atoms with E-state index in [0.717, 1.165) is 30.2 Å². The van der Waals surface area contributed by atoms with E-state index >= 15 is 0 Å². The molecular weight excluding hydrogens is 310 g/mol. The van der Waals surface area contributed by atoms with Crippen LogP contribution in [0, 0.1) is 0 Å². The van der Waals surface area contributed by atoms with Gasteiger partial charge in [-0.05, 0) is 30.7 Å². The van der Waals surface area contributed by atoms with E-state index in [0.29, 0.717) is 17.1 Å². The van der Waals surface area contributed by atoms with Crippen LogP contribution >= 0.6 is 11.8 Å². The Bertz CT molecular complexity index is 632. The van der Waals surface area contributed by atoms with Crippen LogP contribution in [-0.4, -0.2) is 41.3 Å². The fourth-order valence-corrected chi connectivity index (χ4v) is 3.96. The summed E-state index contributed by atoms with van der Waals surface area (Å²) in [6.07, 6.45) is 3.72. The maximum absolute atomic E-state index is 5.53. The van der Waals surface area contributed by atoms with Gasteiger partial charge in [0.15, 0.2) is 0 Å². The van der Waals surface area contributed by atoms with Crippen LogP contribution in [0.15, 0.2) is 28.8 Å². The minimum Gasteiger partial charge on any atom is -0.497 e. The number of anilines is 1. The smallest absolute Gasteiger partial charge is 0.324 e. The summed E-state index contributed by atoms with van der Waals surface area (Å²) in [5, 5.41) is 4.80. The van der Waals surface area contributed by atoms with Gasteiger partial charge in [-0.25, -0.2) is 0 Å². The summed E-state index contributed by atoms with van der Waals surface area (Å²) in [6.45, 7) is 4.19. The van der Waals surface area contributed by atoms with Gasteiger partial charge in [-0.3, -0.25) is 0 Å². The molecule has 5 nitrogen and oxygen atoms in total. The van der Waals surface area contributed by atoms with Gasteiger partial charge in [0, 0.05) is 23.9 Å². The molecule has 1 saturated heterocycles. The summed E-state index contributed by atoms with van der Waals surface area (Å²) < 4.78 is 10.8. The lowest BCUT2D eigenvalue weighted by atomic mass is 10.2. The lowest BCUT2D eigenvalue weighted by molar-refractivity contribution is 0.413. The van der Waals surface area contributed by atoms with E-state index in [1.807, 2.05) is 36.0 Å². The number of hydrogen-bond donors (Lipinski definition) is 0. The molecule has 1 aliphatic heterocycles. The van der Waals surface area contributed by atoms with Gasteiger partial charge >= 0.3 is 6.01 Å². The molecule has 0 saturated carbocycles. The van der Waals surface area contributed by atoms with Crippen molar-refractivity contribution in [3.63, 3.8) is 0 Å². The van der Waals surface area contributed by atoms with E-state index in [1.54, 1.807) is 7.11 Å². The molecule has 1 atom stereocenters. The van der Waals surface area contributed by atoms with Crippen LogP contribution in [-0.2, 0) is 0 Å². The first-order chi connectivity index (χ1) is 11.3. The molecule has 0 N–H and O–H groups in total. The standard InChI is InChI=1S/C17H23N3O2S/c1-3-23-15-9-4-5-10-20(12-15)17-18-16(19-22-17)13-7-6-8-14(11-13)21-2/h6-8,11,15H,3-5,9-10,12H2,1-2H3. The van der Waals surface area contributed by atoms with Crippen molar-refractivity contribution in [2.75, 3.05) is 30.9 Å². The van der Waals surface area contributed by atoms with Crippen molar-refractivity contribution < 1.29 is 9.26 Å². The highest BCUT2D eigenvalue weighted by Gasteiger charge is 2.22. The molecule has 1 aromatic carbocycles. The van der Waals surface area contributed by atoms with Crippen molar-refractivity contribution in [2.45, 2.75) is 31.4 Å². The first kappa shape index (κ1) is 16.2. The van der Waals surface area contributed by atoms with Crippen LogP contribution in [0.5, 0.6) is 5.75 Å². The van der Waals surface area contributed by atoms with E-state index in [9.17, 15) is 0 Å². The molecule has 1 unspecified atom stereocenters. The molecule has 124 valence electrons. The Balaban J connectivity index is 1.77.